The predicted molar refractivity (Wildman–Crippen MR) is 138 cm³/mol. The van der Waals surface area contributed by atoms with Crippen molar-refractivity contribution in [3.05, 3.63) is 33.3 Å². The number of hydrogen-bond donors (Lipinski definition) is 2. The van der Waals surface area contributed by atoms with Gasteiger partial charge in [0.25, 0.3) is 0 Å². The van der Waals surface area contributed by atoms with Crippen LogP contribution in [0.1, 0.15) is 85.8 Å². The highest BCUT2D eigenvalue weighted by molar-refractivity contribution is 7.09. The summed E-state index contributed by atoms with van der Waals surface area (Å²) in [5.74, 6) is -1.49. The van der Waals surface area contributed by atoms with Crippen LogP contribution < -0.4 is 0 Å². The molecule has 34 heavy (non-hydrogen) atoms. The molecule has 2 N–H and O–H groups in total. The van der Waals surface area contributed by atoms with Crippen molar-refractivity contribution in [1.29, 1.82) is 0 Å². The summed E-state index contributed by atoms with van der Waals surface area (Å²) in [6, 6.07) is 0. The monoisotopic (exact) mass is 493 g/mol. The SMILES string of the molecule is C/C1=C/CC(/C(C)=C/c2csc(C)n2)OC(=O)CC(O)C(C)(C)C(=O)[C@H](C)[C@@H](O)[C@@H](C)CCC1.[HH]. The number of cyclic esters (lactones) is 1. The summed E-state index contributed by atoms with van der Waals surface area (Å²) >= 11 is 1.56. The lowest BCUT2D eigenvalue weighted by Gasteiger charge is -2.34. The van der Waals surface area contributed by atoms with Gasteiger partial charge in [-0.25, -0.2) is 4.98 Å². The van der Waals surface area contributed by atoms with E-state index in [1.54, 1.807) is 32.1 Å². The van der Waals surface area contributed by atoms with Crippen molar-refractivity contribution in [1.82, 2.24) is 4.98 Å². The van der Waals surface area contributed by atoms with Crippen LogP contribution in [0.4, 0.5) is 0 Å². The lowest BCUT2D eigenvalue weighted by Crippen LogP contribution is -2.45. The average molecular weight is 494 g/mol. The van der Waals surface area contributed by atoms with Crippen LogP contribution >= 0.6 is 11.3 Å². The van der Waals surface area contributed by atoms with Crippen LogP contribution in [0.3, 0.4) is 0 Å². The maximum atomic E-state index is 13.2. The van der Waals surface area contributed by atoms with Crippen molar-refractivity contribution < 1.29 is 26.0 Å². The molecule has 2 rings (SSSR count). The molecular weight excluding hydrogens is 450 g/mol. The number of ether oxygens (including phenoxy) is 1. The molecule has 7 heteroatoms. The Balaban J connectivity index is 0.00000612. The number of ketones is 1. The Morgan fingerprint density at radius 1 is 1.26 bits per heavy atom. The van der Waals surface area contributed by atoms with Gasteiger partial charge in [0.15, 0.2) is 0 Å². The second kappa shape index (κ2) is 12.2. The van der Waals surface area contributed by atoms with E-state index in [1.165, 1.54) is 5.57 Å². The number of nitrogens with zero attached hydrogens (tertiary/aromatic N) is 1. The molecule has 2 unspecified atom stereocenters. The van der Waals surface area contributed by atoms with E-state index < -0.39 is 35.6 Å². The van der Waals surface area contributed by atoms with E-state index in [0.29, 0.717) is 6.42 Å². The molecule has 0 aromatic carbocycles. The van der Waals surface area contributed by atoms with Gasteiger partial charge in [0, 0.05) is 19.1 Å². The van der Waals surface area contributed by atoms with Crippen LogP contribution in [0, 0.1) is 24.2 Å². The smallest absolute Gasteiger partial charge is 0.309 e. The number of aryl methyl sites for hydroxylation is 1. The highest BCUT2D eigenvalue weighted by Crippen LogP contribution is 2.32. The minimum absolute atomic E-state index is 0. The van der Waals surface area contributed by atoms with E-state index in [-0.39, 0.29) is 19.5 Å². The summed E-state index contributed by atoms with van der Waals surface area (Å²) in [5.41, 5.74) is 1.71. The number of aromatic nitrogens is 1. The van der Waals surface area contributed by atoms with Gasteiger partial charge in [0.1, 0.15) is 11.9 Å². The van der Waals surface area contributed by atoms with Crippen LogP contribution in [0.2, 0.25) is 0 Å². The third-order valence-electron chi connectivity index (χ3n) is 7.04. The number of hydrogen-bond acceptors (Lipinski definition) is 7. The molecule has 1 aliphatic heterocycles. The molecule has 0 radical (unpaired) electrons. The zero-order chi connectivity index (χ0) is 25.6. The quantitative estimate of drug-likeness (QED) is 0.416. The molecule has 1 aliphatic rings. The molecule has 5 atom stereocenters. The van der Waals surface area contributed by atoms with E-state index in [4.69, 9.17) is 4.74 Å². The minimum atomic E-state index is -1.21. The summed E-state index contributed by atoms with van der Waals surface area (Å²) < 4.78 is 5.81. The maximum absolute atomic E-state index is 13.2. The standard InChI is InChI=1S/C27H41NO5S.H2/c1-16-9-8-10-17(2)25(31)19(4)26(32)27(6,7)23(29)14-24(30)33-22(12-11-16)18(3)13-21-15-34-20(5)28-21;/h11,13,15,17,19,22-23,25,29,31H,8-10,12,14H2,1-7H3;1H/b16-11-,18-13+;/t17-,19+,22?,23?,25-;/m0./s1. The number of esters is 1. The summed E-state index contributed by atoms with van der Waals surface area (Å²) in [6.45, 7) is 12.8. The zero-order valence-corrected chi connectivity index (χ0v) is 22.4. The number of carbonyl (C=O) groups is 2. The van der Waals surface area contributed by atoms with Crippen LogP contribution in [-0.4, -0.2) is 45.3 Å². The molecule has 192 valence electrons. The Bertz CT molecular complexity index is 922. The minimum Gasteiger partial charge on any atom is -0.457 e. The summed E-state index contributed by atoms with van der Waals surface area (Å²) in [4.78, 5) is 30.5. The molecule has 0 bridgehead atoms. The first-order valence-corrected chi connectivity index (χ1v) is 13.1. The van der Waals surface area contributed by atoms with Gasteiger partial charge in [0.2, 0.25) is 0 Å². The topological polar surface area (TPSA) is 96.7 Å². The fourth-order valence-electron chi connectivity index (χ4n) is 4.40. The van der Waals surface area contributed by atoms with Crippen molar-refractivity contribution in [2.75, 3.05) is 0 Å². The Labute approximate surface area is 209 Å². The molecule has 0 saturated heterocycles. The first-order valence-electron chi connectivity index (χ1n) is 12.2. The first kappa shape index (κ1) is 28.4. The van der Waals surface area contributed by atoms with Gasteiger partial charge in [-0.3, -0.25) is 9.59 Å². The Morgan fingerprint density at radius 3 is 2.56 bits per heavy atom. The van der Waals surface area contributed by atoms with Gasteiger partial charge in [-0.2, -0.15) is 0 Å². The normalized spacial score (nSPS) is 32.1. The van der Waals surface area contributed by atoms with Crippen molar-refractivity contribution in [2.45, 2.75) is 98.9 Å². The number of aliphatic hydroxyl groups excluding tert-OH is 2. The van der Waals surface area contributed by atoms with Gasteiger partial charge in [-0.1, -0.05) is 39.3 Å². The molecule has 6 nitrogen and oxygen atoms in total. The van der Waals surface area contributed by atoms with Crippen LogP contribution in [-0.2, 0) is 14.3 Å². The van der Waals surface area contributed by atoms with Crippen LogP contribution in [0.5, 0.6) is 0 Å². The van der Waals surface area contributed by atoms with Gasteiger partial charge < -0.3 is 14.9 Å². The molecular formula is C27H43NO5S. The second-order valence-corrected chi connectivity index (χ2v) is 11.5. The highest BCUT2D eigenvalue weighted by Gasteiger charge is 2.42. The highest BCUT2D eigenvalue weighted by atomic mass is 32.1. The third kappa shape index (κ3) is 7.59. The lowest BCUT2D eigenvalue weighted by molar-refractivity contribution is -0.154. The van der Waals surface area contributed by atoms with Gasteiger partial charge >= 0.3 is 5.97 Å². The number of carbonyl (C=O) groups excluding carboxylic acids is 2. The van der Waals surface area contributed by atoms with E-state index in [2.05, 4.69) is 18.0 Å². The second-order valence-electron chi connectivity index (χ2n) is 10.4. The fraction of sp³-hybridized carbons (Fsp3) is 0.667. The van der Waals surface area contributed by atoms with E-state index in [0.717, 1.165) is 35.5 Å². The number of rotatable bonds is 2. The van der Waals surface area contributed by atoms with Crippen LogP contribution in [0.25, 0.3) is 6.08 Å². The van der Waals surface area contributed by atoms with Crippen molar-refractivity contribution in [2.24, 2.45) is 17.3 Å². The molecule has 0 aliphatic carbocycles. The lowest BCUT2D eigenvalue weighted by atomic mass is 9.73. The Kier molecular flexibility index (Phi) is 10.2. The molecule has 0 amide bonds. The zero-order valence-electron chi connectivity index (χ0n) is 21.6. The molecule has 1 aromatic rings. The van der Waals surface area contributed by atoms with Crippen molar-refractivity contribution >= 4 is 29.2 Å². The summed E-state index contributed by atoms with van der Waals surface area (Å²) in [6.07, 6.45) is 4.33. The summed E-state index contributed by atoms with van der Waals surface area (Å²) in [5, 5.41) is 24.5. The number of aliphatic hydroxyl groups is 2. The van der Waals surface area contributed by atoms with Crippen molar-refractivity contribution in [3.63, 3.8) is 0 Å². The Hall–Kier alpha value is -1.83. The van der Waals surface area contributed by atoms with Gasteiger partial charge in [0.05, 0.1) is 34.7 Å². The van der Waals surface area contributed by atoms with Crippen LogP contribution in [0.15, 0.2) is 22.6 Å². The fourth-order valence-corrected chi connectivity index (χ4v) is 4.97. The van der Waals surface area contributed by atoms with E-state index >= 15 is 0 Å². The molecule has 2 heterocycles. The third-order valence-corrected chi connectivity index (χ3v) is 7.83. The summed E-state index contributed by atoms with van der Waals surface area (Å²) in [7, 11) is 0. The Morgan fingerprint density at radius 2 is 1.94 bits per heavy atom. The number of thiazole rings is 1. The largest absolute Gasteiger partial charge is 0.457 e. The molecule has 0 saturated carbocycles. The van der Waals surface area contributed by atoms with Gasteiger partial charge in [-0.05, 0) is 57.6 Å². The number of Topliss-reactive ketones (excluding diaryl/α,β-unsaturated/α-hetero) is 1. The molecule has 0 spiro atoms. The molecule has 0 fully saturated rings. The van der Waals surface area contributed by atoms with E-state index in [1.807, 2.05) is 32.2 Å². The molecule has 1 aromatic heterocycles. The first-order chi connectivity index (χ1) is 15.8. The number of allylic oxidation sites excluding steroid dienone is 1. The average Bonchev–Trinajstić information content (AvgIpc) is 3.18. The maximum Gasteiger partial charge on any atom is 0.309 e. The van der Waals surface area contributed by atoms with Crippen molar-refractivity contribution in [3.8, 4) is 0 Å². The predicted octanol–water partition coefficient (Wildman–Crippen LogP) is 5.51. The van der Waals surface area contributed by atoms with Gasteiger partial charge in [-0.15, -0.1) is 11.3 Å². The van der Waals surface area contributed by atoms with E-state index in [9.17, 15) is 19.8 Å².